The number of fused-ring (bicyclic) bond motifs is 1. The van der Waals surface area contributed by atoms with Gasteiger partial charge >= 0.3 is 0 Å². The topological polar surface area (TPSA) is 49.7 Å². The summed E-state index contributed by atoms with van der Waals surface area (Å²) in [5, 5.41) is 18.6. The fourth-order valence-electron chi connectivity index (χ4n) is 1.43. The third-order valence-electron chi connectivity index (χ3n) is 2.08. The summed E-state index contributed by atoms with van der Waals surface area (Å²) in [5.41, 5.74) is 0.741. The average molecular weight is 178 g/mol. The minimum atomic E-state index is 0.00551. The van der Waals surface area contributed by atoms with Gasteiger partial charge in [0.05, 0.1) is 5.76 Å². The summed E-state index contributed by atoms with van der Waals surface area (Å²) in [7, 11) is 0. The zero-order valence-electron chi connectivity index (χ0n) is 7.08. The van der Waals surface area contributed by atoms with Crippen molar-refractivity contribution in [2.45, 2.75) is 12.8 Å². The van der Waals surface area contributed by atoms with Gasteiger partial charge in [0.1, 0.15) is 17.2 Å². The van der Waals surface area contributed by atoms with Crippen LogP contribution in [0.5, 0.6) is 17.2 Å². The molecule has 3 nitrogen and oxygen atoms in total. The maximum absolute atomic E-state index is 9.45. The molecule has 0 amide bonds. The van der Waals surface area contributed by atoms with E-state index in [1.54, 1.807) is 0 Å². The Morgan fingerprint density at radius 1 is 1.23 bits per heavy atom. The largest absolute Gasteiger partial charge is 0.508 e. The Bertz CT molecular complexity index is 369. The zero-order chi connectivity index (χ0) is 9.42. The van der Waals surface area contributed by atoms with Gasteiger partial charge < -0.3 is 14.9 Å². The SMILES string of the molecule is C=C1CCc2c(O)cc(O)cc2O1. The van der Waals surface area contributed by atoms with Crippen LogP contribution in [0.15, 0.2) is 24.5 Å². The first-order valence-corrected chi connectivity index (χ1v) is 4.07. The highest BCUT2D eigenvalue weighted by Crippen LogP contribution is 2.38. The lowest BCUT2D eigenvalue weighted by molar-refractivity contribution is 0.363. The highest BCUT2D eigenvalue weighted by atomic mass is 16.5. The van der Waals surface area contributed by atoms with Gasteiger partial charge in [0.25, 0.3) is 0 Å². The normalized spacial score (nSPS) is 14.9. The second-order valence-corrected chi connectivity index (χ2v) is 3.08. The van der Waals surface area contributed by atoms with Crippen molar-refractivity contribution in [3.63, 3.8) is 0 Å². The van der Waals surface area contributed by atoms with Crippen molar-refractivity contribution in [3.8, 4) is 17.2 Å². The molecule has 2 N–H and O–H groups in total. The van der Waals surface area contributed by atoms with E-state index in [1.165, 1.54) is 12.1 Å². The van der Waals surface area contributed by atoms with Crippen molar-refractivity contribution in [2.24, 2.45) is 0 Å². The van der Waals surface area contributed by atoms with E-state index in [2.05, 4.69) is 6.58 Å². The summed E-state index contributed by atoms with van der Waals surface area (Å²) in [6.45, 7) is 3.69. The number of ether oxygens (including phenoxy) is 1. The Morgan fingerprint density at radius 3 is 2.77 bits per heavy atom. The first-order chi connectivity index (χ1) is 6.16. The number of phenols is 2. The van der Waals surface area contributed by atoms with Gasteiger partial charge in [-0.1, -0.05) is 6.58 Å². The van der Waals surface area contributed by atoms with Crippen LogP contribution in [0.1, 0.15) is 12.0 Å². The Labute approximate surface area is 75.9 Å². The second kappa shape index (κ2) is 2.69. The molecule has 1 aromatic rings. The molecular formula is C10H10O3. The van der Waals surface area contributed by atoms with E-state index >= 15 is 0 Å². The minimum absolute atomic E-state index is 0.00551. The molecule has 0 saturated carbocycles. The van der Waals surface area contributed by atoms with Crippen LogP contribution < -0.4 is 4.74 Å². The van der Waals surface area contributed by atoms with E-state index in [9.17, 15) is 10.2 Å². The summed E-state index contributed by atoms with van der Waals surface area (Å²) in [4.78, 5) is 0. The fourth-order valence-corrected chi connectivity index (χ4v) is 1.43. The smallest absolute Gasteiger partial charge is 0.137 e. The molecule has 0 unspecified atom stereocenters. The summed E-state index contributed by atoms with van der Waals surface area (Å²) in [6, 6.07) is 2.80. The van der Waals surface area contributed by atoms with Gasteiger partial charge in [-0.3, -0.25) is 0 Å². The third kappa shape index (κ3) is 1.33. The van der Waals surface area contributed by atoms with Crippen LogP contribution >= 0.6 is 0 Å². The van der Waals surface area contributed by atoms with Gasteiger partial charge in [-0.05, 0) is 6.42 Å². The second-order valence-electron chi connectivity index (χ2n) is 3.08. The van der Waals surface area contributed by atoms with Gasteiger partial charge in [0.15, 0.2) is 0 Å². The van der Waals surface area contributed by atoms with Crippen molar-refractivity contribution < 1.29 is 14.9 Å². The maximum Gasteiger partial charge on any atom is 0.137 e. The van der Waals surface area contributed by atoms with Crippen LogP contribution in [0, 0.1) is 0 Å². The molecule has 0 bridgehead atoms. The van der Waals surface area contributed by atoms with Crippen molar-refractivity contribution in [1.82, 2.24) is 0 Å². The number of rotatable bonds is 0. The highest BCUT2D eigenvalue weighted by molar-refractivity contribution is 5.51. The van der Waals surface area contributed by atoms with Crippen molar-refractivity contribution >= 4 is 0 Å². The van der Waals surface area contributed by atoms with Crippen LogP contribution in [0.4, 0.5) is 0 Å². The Hall–Kier alpha value is -1.64. The summed E-state index contributed by atoms with van der Waals surface area (Å²) >= 11 is 0. The summed E-state index contributed by atoms with van der Waals surface area (Å²) in [5.74, 6) is 1.26. The van der Waals surface area contributed by atoms with Crippen molar-refractivity contribution in [2.75, 3.05) is 0 Å². The summed E-state index contributed by atoms with van der Waals surface area (Å²) in [6.07, 6.45) is 1.42. The van der Waals surface area contributed by atoms with Crippen molar-refractivity contribution in [1.29, 1.82) is 0 Å². The molecule has 0 fully saturated rings. The molecule has 3 heteroatoms. The lowest BCUT2D eigenvalue weighted by atomic mass is 10.0. The van der Waals surface area contributed by atoms with E-state index in [1.807, 2.05) is 0 Å². The van der Waals surface area contributed by atoms with Gasteiger partial charge in [0.2, 0.25) is 0 Å². The molecule has 0 aromatic heterocycles. The number of allylic oxidation sites excluding steroid dienone is 1. The lowest BCUT2D eigenvalue weighted by Crippen LogP contribution is -2.05. The molecule has 1 heterocycles. The van der Waals surface area contributed by atoms with E-state index in [0.29, 0.717) is 24.4 Å². The molecule has 0 aliphatic carbocycles. The molecule has 0 radical (unpaired) electrons. The molecule has 1 aliphatic heterocycles. The predicted octanol–water partition coefficient (Wildman–Crippen LogP) is 1.94. The number of phenolic OH excluding ortho intramolecular Hbond substituents is 2. The number of aromatic hydroxyl groups is 2. The van der Waals surface area contributed by atoms with Gasteiger partial charge in [-0.25, -0.2) is 0 Å². The molecule has 13 heavy (non-hydrogen) atoms. The van der Waals surface area contributed by atoms with Crippen LogP contribution in [-0.2, 0) is 6.42 Å². The van der Waals surface area contributed by atoms with E-state index in [-0.39, 0.29) is 11.5 Å². The third-order valence-corrected chi connectivity index (χ3v) is 2.08. The predicted molar refractivity (Wildman–Crippen MR) is 47.9 cm³/mol. The number of hydrogen-bond donors (Lipinski definition) is 2. The highest BCUT2D eigenvalue weighted by Gasteiger charge is 2.17. The average Bonchev–Trinajstić information content (AvgIpc) is 2.02. The molecule has 0 atom stereocenters. The first kappa shape index (κ1) is 7.98. The molecular weight excluding hydrogens is 168 g/mol. The molecule has 1 aliphatic rings. The van der Waals surface area contributed by atoms with Crippen LogP contribution in [0.25, 0.3) is 0 Å². The number of hydrogen-bond acceptors (Lipinski definition) is 3. The molecule has 68 valence electrons. The zero-order valence-corrected chi connectivity index (χ0v) is 7.08. The van der Waals surface area contributed by atoms with E-state index < -0.39 is 0 Å². The lowest BCUT2D eigenvalue weighted by Gasteiger charge is -2.19. The van der Waals surface area contributed by atoms with Crippen LogP contribution in [0.3, 0.4) is 0 Å². The van der Waals surface area contributed by atoms with Gasteiger partial charge in [-0.2, -0.15) is 0 Å². The van der Waals surface area contributed by atoms with E-state index in [0.717, 1.165) is 5.56 Å². The van der Waals surface area contributed by atoms with Crippen LogP contribution in [-0.4, -0.2) is 10.2 Å². The molecule has 1 aromatic carbocycles. The van der Waals surface area contributed by atoms with Gasteiger partial charge in [-0.15, -0.1) is 0 Å². The Balaban J connectivity index is 2.53. The minimum Gasteiger partial charge on any atom is -0.508 e. The van der Waals surface area contributed by atoms with E-state index in [4.69, 9.17) is 4.74 Å². The fraction of sp³-hybridized carbons (Fsp3) is 0.200. The monoisotopic (exact) mass is 178 g/mol. The standard InChI is InChI=1S/C10H10O3/c1-6-2-3-8-9(12)4-7(11)5-10(8)13-6/h4-5,11-12H,1-3H2. The van der Waals surface area contributed by atoms with Crippen LogP contribution in [0.2, 0.25) is 0 Å². The number of benzene rings is 1. The quantitative estimate of drug-likeness (QED) is 0.638. The first-order valence-electron chi connectivity index (χ1n) is 4.07. The molecule has 2 rings (SSSR count). The maximum atomic E-state index is 9.45. The molecule has 0 spiro atoms. The van der Waals surface area contributed by atoms with Gasteiger partial charge in [0, 0.05) is 24.1 Å². The Kier molecular flexibility index (Phi) is 1.65. The molecule has 0 saturated heterocycles. The van der Waals surface area contributed by atoms with Crippen molar-refractivity contribution in [3.05, 3.63) is 30.0 Å². The summed E-state index contributed by atoms with van der Waals surface area (Å²) < 4.78 is 5.28. The Morgan fingerprint density at radius 2 is 2.00 bits per heavy atom.